The van der Waals surface area contributed by atoms with Gasteiger partial charge in [0.1, 0.15) is 17.2 Å². The number of phenolic OH excluding ortho intramolecular Hbond substituents is 1. The molecule has 0 aliphatic rings. The molecular formula is C32H48N2O4. The van der Waals surface area contributed by atoms with Crippen molar-refractivity contribution < 1.29 is 19.4 Å². The van der Waals surface area contributed by atoms with Gasteiger partial charge in [0.25, 0.3) is 0 Å². The number of amides is 2. The minimum Gasteiger partial charge on any atom is -0.508 e. The fourth-order valence-electron chi connectivity index (χ4n) is 4.40. The number of benzene rings is 2. The Hall–Kier alpha value is -3.02. The van der Waals surface area contributed by atoms with Gasteiger partial charge >= 0.3 is 11.8 Å². The highest BCUT2D eigenvalue weighted by Gasteiger charge is 2.13. The van der Waals surface area contributed by atoms with E-state index in [9.17, 15) is 14.7 Å². The van der Waals surface area contributed by atoms with Crippen molar-refractivity contribution in [3.63, 3.8) is 0 Å². The first-order valence-corrected chi connectivity index (χ1v) is 14.7. The third-order valence-electron chi connectivity index (χ3n) is 6.71. The molecule has 0 bridgehead atoms. The number of carbonyl (C=O) groups excluding carboxylic acids is 2. The molecule has 0 saturated heterocycles. The lowest BCUT2D eigenvalue weighted by atomic mass is 10.0. The van der Waals surface area contributed by atoms with Crippen LogP contribution in [-0.2, 0) is 9.59 Å². The van der Waals surface area contributed by atoms with Gasteiger partial charge in [-0.25, -0.2) is 0 Å². The maximum absolute atomic E-state index is 12.1. The minimum atomic E-state index is -0.673. The number of phenols is 1. The second-order valence-electron chi connectivity index (χ2n) is 10.1. The molecule has 6 heteroatoms. The molecule has 3 N–H and O–H groups in total. The Bertz CT molecular complexity index is 897. The topological polar surface area (TPSA) is 87.7 Å². The number of ether oxygens (including phenoxy) is 1. The molecule has 0 heterocycles. The van der Waals surface area contributed by atoms with Gasteiger partial charge in [-0.1, -0.05) is 103 Å². The van der Waals surface area contributed by atoms with Crippen LogP contribution in [0.4, 0.5) is 5.69 Å². The lowest BCUT2D eigenvalue weighted by molar-refractivity contribution is -0.136. The molecule has 2 rings (SSSR count). The van der Waals surface area contributed by atoms with Crippen molar-refractivity contribution in [2.24, 2.45) is 0 Å². The van der Waals surface area contributed by atoms with Crippen molar-refractivity contribution in [3.05, 3.63) is 48.5 Å². The lowest BCUT2D eigenvalue weighted by Crippen LogP contribution is -2.35. The summed E-state index contributed by atoms with van der Waals surface area (Å²) >= 11 is 0. The summed E-state index contributed by atoms with van der Waals surface area (Å²) in [7, 11) is 0. The van der Waals surface area contributed by atoms with E-state index < -0.39 is 11.8 Å². The second kappa shape index (κ2) is 20.0. The highest BCUT2D eigenvalue weighted by Crippen LogP contribution is 2.24. The molecule has 210 valence electrons. The first kappa shape index (κ1) is 31.2. The molecule has 0 atom stereocenters. The third-order valence-corrected chi connectivity index (χ3v) is 6.71. The van der Waals surface area contributed by atoms with E-state index in [0.717, 1.165) is 12.8 Å². The second-order valence-corrected chi connectivity index (χ2v) is 10.1. The van der Waals surface area contributed by atoms with Crippen LogP contribution in [0.1, 0.15) is 110 Å². The van der Waals surface area contributed by atoms with Gasteiger partial charge in [-0.05, 0) is 55.0 Å². The molecule has 0 aliphatic carbocycles. The van der Waals surface area contributed by atoms with Crippen molar-refractivity contribution in [3.8, 4) is 17.2 Å². The smallest absolute Gasteiger partial charge is 0.313 e. The van der Waals surface area contributed by atoms with Crippen LogP contribution in [0.5, 0.6) is 17.2 Å². The zero-order chi connectivity index (χ0) is 27.3. The first-order valence-electron chi connectivity index (χ1n) is 14.7. The predicted octanol–water partition coefficient (Wildman–Crippen LogP) is 8.50. The highest BCUT2D eigenvalue weighted by molar-refractivity contribution is 6.39. The Morgan fingerprint density at radius 1 is 0.605 bits per heavy atom. The maximum Gasteiger partial charge on any atom is 0.313 e. The molecule has 2 aromatic rings. The van der Waals surface area contributed by atoms with E-state index in [2.05, 4.69) is 17.6 Å². The van der Waals surface area contributed by atoms with E-state index in [-0.39, 0.29) is 5.75 Å². The van der Waals surface area contributed by atoms with Gasteiger partial charge in [-0.2, -0.15) is 0 Å². The van der Waals surface area contributed by atoms with Crippen molar-refractivity contribution >= 4 is 17.5 Å². The fourth-order valence-corrected chi connectivity index (χ4v) is 4.40. The van der Waals surface area contributed by atoms with E-state index in [4.69, 9.17) is 4.74 Å². The van der Waals surface area contributed by atoms with Crippen LogP contribution in [-0.4, -0.2) is 23.5 Å². The number of aromatic hydroxyl groups is 1. The number of unbranched alkanes of at least 4 members (excludes halogenated alkanes) is 15. The minimum absolute atomic E-state index is 0.170. The summed E-state index contributed by atoms with van der Waals surface area (Å²) in [5, 5.41) is 14.6. The van der Waals surface area contributed by atoms with E-state index >= 15 is 0 Å². The van der Waals surface area contributed by atoms with Crippen molar-refractivity contribution in [2.75, 3.05) is 11.9 Å². The third kappa shape index (κ3) is 14.7. The Morgan fingerprint density at radius 2 is 1.03 bits per heavy atom. The average Bonchev–Trinajstić information content (AvgIpc) is 2.92. The summed E-state index contributed by atoms with van der Waals surface area (Å²) in [5.41, 5.74) is 0.519. The normalized spacial score (nSPS) is 10.8. The van der Waals surface area contributed by atoms with Gasteiger partial charge in [0.2, 0.25) is 0 Å². The number of carbonyl (C=O) groups is 2. The molecule has 2 aromatic carbocycles. The fraction of sp³-hybridized carbons (Fsp3) is 0.562. The summed E-state index contributed by atoms with van der Waals surface area (Å²) in [5.74, 6) is 0.0576. The summed E-state index contributed by atoms with van der Waals surface area (Å²) < 4.78 is 5.68. The van der Waals surface area contributed by atoms with Gasteiger partial charge in [-0.15, -0.1) is 0 Å². The van der Waals surface area contributed by atoms with Gasteiger partial charge in [0.05, 0.1) is 0 Å². The zero-order valence-corrected chi connectivity index (χ0v) is 23.3. The Balaban J connectivity index is 1.42. The molecule has 0 aromatic heterocycles. The van der Waals surface area contributed by atoms with Crippen LogP contribution < -0.4 is 15.4 Å². The monoisotopic (exact) mass is 524 g/mol. The predicted molar refractivity (Wildman–Crippen MR) is 156 cm³/mol. The summed E-state index contributed by atoms with van der Waals surface area (Å²) in [6.45, 7) is 2.79. The van der Waals surface area contributed by atoms with E-state index in [1.165, 1.54) is 89.9 Å². The highest BCUT2D eigenvalue weighted by atomic mass is 16.5. The first-order chi connectivity index (χ1) is 18.6. The van der Waals surface area contributed by atoms with Crippen molar-refractivity contribution in [1.82, 2.24) is 5.32 Å². The largest absolute Gasteiger partial charge is 0.508 e. The number of anilines is 1. The van der Waals surface area contributed by atoms with Crippen LogP contribution in [0.25, 0.3) is 0 Å². The maximum atomic E-state index is 12.1. The SMILES string of the molecule is CCCCCCCCCCCCCCCCCCNC(=O)C(=O)Nc1ccc(Oc2ccc(O)cc2)cc1. The van der Waals surface area contributed by atoms with Gasteiger partial charge in [0.15, 0.2) is 0 Å². The number of hydrogen-bond donors (Lipinski definition) is 3. The van der Waals surface area contributed by atoms with Crippen LogP contribution in [0.2, 0.25) is 0 Å². The lowest BCUT2D eigenvalue weighted by Gasteiger charge is -2.09. The summed E-state index contributed by atoms with van der Waals surface area (Å²) in [4.78, 5) is 24.2. The van der Waals surface area contributed by atoms with Crippen LogP contribution in [0.15, 0.2) is 48.5 Å². The number of rotatable bonds is 20. The van der Waals surface area contributed by atoms with Gasteiger partial charge in [-0.3, -0.25) is 9.59 Å². The van der Waals surface area contributed by atoms with E-state index in [0.29, 0.717) is 23.7 Å². The van der Waals surface area contributed by atoms with Crippen LogP contribution >= 0.6 is 0 Å². The number of hydrogen-bond acceptors (Lipinski definition) is 4. The molecule has 0 unspecified atom stereocenters. The molecule has 0 aliphatic heterocycles. The Kier molecular flexibility index (Phi) is 16.4. The molecule has 0 saturated carbocycles. The van der Waals surface area contributed by atoms with Gasteiger partial charge in [0, 0.05) is 12.2 Å². The van der Waals surface area contributed by atoms with E-state index in [1.54, 1.807) is 48.5 Å². The summed E-state index contributed by atoms with van der Waals surface area (Å²) in [6.07, 6.45) is 20.9. The molecule has 0 spiro atoms. The molecule has 0 fully saturated rings. The number of nitrogens with one attached hydrogen (secondary N) is 2. The molecule has 38 heavy (non-hydrogen) atoms. The van der Waals surface area contributed by atoms with Crippen molar-refractivity contribution in [1.29, 1.82) is 0 Å². The molecule has 2 amide bonds. The standard InChI is InChI=1S/C32H48N2O4/c1-2-3-4-5-6-7-8-9-10-11-12-13-14-15-16-17-26-33-31(36)32(37)34-27-18-22-29(23-19-27)38-30-24-20-28(35)21-25-30/h18-25,35H,2-17,26H2,1H3,(H,33,36)(H,34,37). The zero-order valence-electron chi connectivity index (χ0n) is 23.3. The Morgan fingerprint density at radius 3 is 1.50 bits per heavy atom. The Labute approximate surface area is 229 Å². The molecular weight excluding hydrogens is 476 g/mol. The average molecular weight is 525 g/mol. The molecule has 6 nitrogen and oxygen atoms in total. The van der Waals surface area contributed by atoms with Crippen LogP contribution in [0, 0.1) is 0 Å². The van der Waals surface area contributed by atoms with Crippen molar-refractivity contribution in [2.45, 2.75) is 110 Å². The summed E-state index contributed by atoms with van der Waals surface area (Å²) in [6, 6.07) is 13.2. The van der Waals surface area contributed by atoms with E-state index in [1.807, 2.05) is 0 Å². The quantitative estimate of drug-likeness (QED) is 0.120. The van der Waals surface area contributed by atoms with Crippen LogP contribution in [0.3, 0.4) is 0 Å². The van der Waals surface area contributed by atoms with Gasteiger partial charge < -0.3 is 20.5 Å². The molecule has 0 radical (unpaired) electrons.